The van der Waals surface area contributed by atoms with Crippen molar-refractivity contribution in [3.63, 3.8) is 0 Å². The van der Waals surface area contributed by atoms with Crippen molar-refractivity contribution in [1.82, 2.24) is 15.2 Å². The molecule has 1 aromatic heterocycles. The quantitative estimate of drug-likeness (QED) is 0.701. The standard InChI is InChI=1S/C25H26N6/c26-15-18-3-6-23(22-2-1-7-28-25(18)22)31-13-12-30-16-19-14-20(29-10-8-27-9-11-29)4-5-21(19)24(30)17-31/h1-7,14,24,27H,8-13,16-17H2. The van der Waals surface area contributed by atoms with Crippen LogP contribution in [0.2, 0.25) is 0 Å². The molecule has 0 amide bonds. The number of hydrogen-bond acceptors (Lipinski definition) is 6. The van der Waals surface area contributed by atoms with E-state index in [9.17, 15) is 5.26 Å². The summed E-state index contributed by atoms with van der Waals surface area (Å²) in [5, 5.41) is 14.0. The average molecular weight is 411 g/mol. The fourth-order valence-corrected chi connectivity index (χ4v) is 5.44. The summed E-state index contributed by atoms with van der Waals surface area (Å²) in [5.74, 6) is 0. The zero-order valence-corrected chi connectivity index (χ0v) is 17.6. The fourth-order valence-electron chi connectivity index (χ4n) is 5.44. The summed E-state index contributed by atoms with van der Waals surface area (Å²) in [6, 6.07) is 17.9. The number of pyridine rings is 1. The summed E-state index contributed by atoms with van der Waals surface area (Å²) >= 11 is 0. The molecule has 6 nitrogen and oxygen atoms in total. The van der Waals surface area contributed by atoms with E-state index in [4.69, 9.17) is 0 Å². The van der Waals surface area contributed by atoms with Gasteiger partial charge in [0.2, 0.25) is 0 Å². The highest BCUT2D eigenvalue weighted by Gasteiger charge is 2.35. The van der Waals surface area contributed by atoms with Crippen LogP contribution in [0.3, 0.4) is 0 Å². The molecule has 3 aliphatic rings. The molecule has 3 aliphatic heterocycles. The molecule has 3 aromatic rings. The lowest BCUT2D eigenvalue weighted by molar-refractivity contribution is 0.195. The summed E-state index contributed by atoms with van der Waals surface area (Å²) in [6.07, 6.45) is 1.77. The third-order valence-electron chi connectivity index (χ3n) is 7.04. The molecule has 1 atom stereocenters. The first-order valence-corrected chi connectivity index (χ1v) is 11.2. The number of aromatic nitrogens is 1. The van der Waals surface area contributed by atoms with Crippen molar-refractivity contribution < 1.29 is 0 Å². The number of nitriles is 1. The third kappa shape index (κ3) is 3.13. The fraction of sp³-hybridized carbons (Fsp3) is 0.360. The minimum absolute atomic E-state index is 0.420. The Morgan fingerprint density at radius 3 is 2.77 bits per heavy atom. The Labute approximate surface area is 182 Å². The third-order valence-corrected chi connectivity index (χ3v) is 7.04. The summed E-state index contributed by atoms with van der Waals surface area (Å²) in [4.78, 5) is 12.1. The van der Waals surface area contributed by atoms with Crippen molar-refractivity contribution in [2.75, 3.05) is 55.6 Å². The predicted molar refractivity (Wildman–Crippen MR) is 123 cm³/mol. The Balaban J connectivity index is 1.30. The van der Waals surface area contributed by atoms with Crippen LogP contribution >= 0.6 is 0 Å². The average Bonchev–Trinajstić information content (AvgIpc) is 3.21. The van der Waals surface area contributed by atoms with Crippen molar-refractivity contribution in [1.29, 1.82) is 5.26 Å². The first-order chi connectivity index (χ1) is 15.3. The number of piperazine rings is 2. The van der Waals surface area contributed by atoms with Gasteiger partial charge in [0.15, 0.2) is 0 Å². The Morgan fingerprint density at radius 2 is 1.90 bits per heavy atom. The lowest BCUT2D eigenvalue weighted by atomic mass is 10.0. The first kappa shape index (κ1) is 18.6. The Kier molecular flexibility index (Phi) is 4.52. The van der Waals surface area contributed by atoms with Crippen LogP contribution in [0, 0.1) is 11.3 Å². The highest BCUT2D eigenvalue weighted by Crippen LogP contribution is 2.40. The van der Waals surface area contributed by atoms with Crippen molar-refractivity contribution in [3.8, 4) is 6.07 Å². The first-order valence-electron chi connectivity index (χ1n) is 11.2. The number of rotatable bonds is 2. The van der Waals surface area contributed by atoms with Gasteiger partial charge in [0.05, 0.1) is 17.1 Å². The molecule has 156 valence electrons. The molecule has 4 heterocycles. The Bertz CT molecular complexity index is 1180. The van der Waals surface area contributed by atoms with E-state index < -0.39 is 0 Å². The summed E-state index contributed by atoms with van der Waals surface area (Å²) in [5.41, 5.74) is 6.95. The number of benzene rings is 2. The van der Waals surface area contributed by atoms with Crippen LogP contribution in [-0.4, -0.2) is 55.7 Å². The van der Waals surface area contributed by atoms with Gasteiger partial charge in [0, 0.05) is 75.3 Å². The molecule has 0 bridgehead atoms. The normalized spacial score (nSPS) is 21.1. The minimum atomic E-state index is 0.420. The molecule has 0 aliphatic carbocycles. The second-order valence-electron chi connectivity index (χ2n) is 8.70. The molecule has 2 fully saturated rings. The van der Waals surface area contributed by atoms with Crippen LogP contribution in [0.5, 0.6) is 0 Å². The second-order valence-corrected chi connectivity index (χ2v) is 8.70. The lowest BCUT2D eigenvalue weighted by Crippen LogP contribution is -2.45. The van der Waals surface area contributed by atoms with Gasteiger partial charge in [-0.2, -0.15) is 5.26 Å². The van der Waals surface area contributed by atoms with Crippen LogP contribution in [0.25, 0.3) is 10.9 Å². The number of fused-ring (bicyclic) bond motifs is 4. The van der Waals surface area contributed by atoms with Gasteiger partial charge in [0.25, 0.3) is 0 Å². The van der Waals surface area contributed by atoms with E-state index in [2.05, 4.69) is 61.4 Å². The molecule has 6 rings (SSSR count). The van der Waals surface area contributed by atoms with Crippen LogP contribution in [0.1, 0.15) is 22.7 Å². The predicted octanol–water partition coefficient (Wildman–Crippen LogP) is 2.89. The smallest absolute Gasteiger partial charge is 0.101 e. The number of hydrogen-bond donors (Lipinski definition) is 1. The van der Waals surface area contributed by atoms with Gasteiger partial charge >= 0.3 is 0 Å². The molecule has 31 heavy (non-hydrogen) atoms. The van der Waals surface area contributed by atoms with Gasteiger partial charge in [0.1, 0.15) is 6.07 Å². The van der Waals surface area contributed by atoms with Gasteiger partial charge in [-0.15, -0.1) is 0 Å². The van der Waals surface area contributed by atoms with Gasteiger partial charge in [-0.05, 0) is 47.5 Å². The number of nitrogens with zero attached hydrogens (tertiary/aromatic N) is 5. The molecule has 1 unspecified atom stereocenters. The maximum Gasteiger partial charge on any atom is 0.101 e. The summed E-state index contributed by atoms with van der Waals surface area (Å²) in [6.45, 7) is 8.34. The zero-order chi connectivity index (χ0) is 20.8. The zero-order valence-electron chi connectivity index (χ0n) is 17.6. The van der Waals surface area contributed by atoms with Crippen molar-refractivity contribution in [2.24, 2.45) is 0 Å². The van der Waals surface area contributed by atoms with Gasteiger partial charge < -0.3 is 15.1 Å². The molecule has 1 N–H and O–H groups in total. The molecular formula is C25H26N6. The van der Waals surface area contributed by atoms with Gasteiger partial charge in [-0.3, -0.25) is 9.88 Å². The van der Waals surface area contributed by atoms with Crippen LogP contribution < -0.4 is 15.1 Å². The Morgan fingerprint density at radius 1 is 1.00 bits per heavy atom. The molecule has 6 heteroatoms. The second kappa shape index (κ2) is 7.52. The van der Waals surface area contributed by atoms with Gasteiger partial charge in [-0.1, -0.05) is 6.07 Å². The van der Waals surface area contributed by atoms with E-state index in [1.54, 1.807) is 6.20 Å². The van der Waals surface area contributed by atoms with E-state index >= 15 is 0 Å². The topological polar surface area (TPSA) is 58.4 Å². The van der Waals surface area contributed by atoms with Crippen LogP contribution in [-0.2, 0) is 6.54 Å². The monoisotopic (exact) mass is 410 g/mol. The molecule has 2 aromatic carbocycles. The number of nitrogens with one attached hydrogen (secondary N) is 1. The molecular weight excluding hydrogens is 384 g/mol. The maximum absolute atomic E-state index is 9.47. The van der Waals surface area contributed by atoms with E-state index in [1.165, 1.54) is 22.5 Å². The van der Waals surface area contributed by atoms with Crippen molar-refractivity contribution in [3.05, 3.63) is 65.4 Å². The van der Waals surface area contributed by atoms with Crippen molar-refractivity contribution in [2.45, 2.75) is 12.6 Å². The molecule has 0 radical (unpaired) electrons. The van der Waals surface area contributed by atoms with E-state index in [0.717, 1.165) is 63.3 Å². The molecule has 0 saturated carbocycles. The molecule has 0 spiro atoms. The van der Waals surface area contributed by atoms with Crippen LogP contribution in [0.4, 0.5) is 11.4 Å². The van der Waals surface area contributed by atoms with Gasteiger partial charge in [-0.25, -0.2) is 0 Å². The summed E-state index contributed by atoms with van der Waals surface area (Å²) < 4.78 is 0. The minimum Gasteiger partial charge on any atom is -0.369 e. The van der Waals surface area contributed by atoms with E-state index in [0.29, 0.717) is 11.6 Å². The molecule has 2 saturated heterocycles. The maximum atomic E-state index is 9.47. The Hall–Kier alpha value is -3.14. The lowest BCUT2D eigenvalue weighted by Gasteiger charge is -2.39. The number of anilines is 2. The summed E-state index contributed by atoms with van der Waals surface area (Å²) in [7, 11) is 0. The van der Waals surface area contributed by atoms with Crippen molar-refractivity contribution >= 4 is 22.3 Å². The highest BCUT2D eigenvalue weighted by atomic mass is 15.3. The van der Waals surface area contributed by atoms with E-state index in [1.807, 2.05) is 12.1 Å². The SMILES string of the molecule is N#Cc1ccc(N2CCN3Cc4cc(N5CCNCC5)ccc4C3C2)c2cccnc12. The van der Waals surface area contributed by atoms with Crippen LogP contribution in [0.15, 0.2) is 48.7 Å². The largest absolute Gasteiger partial charge is 0.369 e. The van der Waals surface area contributed by atoms with E-state index in [-0.39, 0.29) is 0 Å². The highest BCUT2D eigenvalue weighted by molar-refractivity contribution is 5.95.